The molecule has 4 nitrogen and oxygen atoms in total. The van der Waals surface area contributed by atoms with Crippen molar-refractivity contribution in [1.82, 2.24) is 15.0 Å². The maximum Gasteiger partial charge on any atom is 0.131 e. The van der Waals surface area contributed by atoms with Gasteiger partial charge in [-0.15, -0.1) is 0 Å². The van der Waals surface area contributed by atoms with Crippen molar-refractivity contribution in [3.8, 4) is 0 Å². The number of pyridine rings is 1. The van der Waals surface area contributed by atoms with E-state index in [0.717, 1.165) is 25.3 Å². The summed E-state index contributed by atoms with van der Waals surface area (Å²) < 4.78 is 0. The topological polar surface area (TPSA) is 41.9 Å². The SMILES string of the molecule is c1cncc(CC2CCCN(c3ccncn3)C2)c1. The van der Waals surface area contributed by atoms with Crippen molar-refractivity contribution in [2.75, 3.05) is 18.0 Å². The first-order valence-corrected chi connectivity index (χ1v) is 6.81. The molecule has 19 heavy (non-hydrogen) atoms. The molecule has 0 bridgehead atoms. The summed E-state index contributed by atoms with van der Waals surface area (Å²) in [7, 11) is 0. The number of rotatable bonds is 3. The second kappa shape index (κ2) is 5.78. The van der Waals surface area contributed by atoms with E-state index >= 15 is 0 Å². The van der Waals surface area contributed by atoms with E-state index in [1.54, 1.807) is 6.33 Å². The quantitative estimate of drug-likeness (QED) is 0.843. The zero-order valence-electron chi connectivity index (χ0n) is 10.9. The number of piperidine rings is 1. The molecule has 1 aliphatic rings. The van der Waals surface area contributed by atoms with Crippen LogP contribution in [0.25, 0.3) is 0 Å². The van der Waals surface area contributed by atoms with Crippen LogP contribution in [0.3, 0.4) is 0 Å². The summed E-state index contributed by atoms with van der Waals surface area (Å²) in [6.07, 6.45) is 10.9. The van der Waals surface area contributed by atoms with Crippen LogP contribution in [0.4, 0.5) is 5.82 Å². The summed E-state index contributed by atoms with van der Waals surface area (Å²) >= 11 is 0. The fraction of sp³-hybridized carbons (Fsp3) is 0.400. The first-order chi connectivity index (χ1) is 9.42. The highest BCUT2D eigenvalue weighted by Crippen LogP contribution is 2.23. The Morgan fingerprint density at radius 1 is 1.21 bits per heavy atom. The highest BCUT2D eigenvalue weighted by Gasteiger charge is 2.21. The molecule has 0 aromatic carbocycles. The van der Waals surface area contributed by atoms with E-state index in [2.05, 4.69) is 25.9 Å². The van der Waals surface area contributed by atoms with Crippen molar-refractivity contribution in [2.24, 2.45) is 5.92 Å². The molecule has 0 radical (unpaired) electrons. The highest BCUT2D eigenvalue weighted by molar-refractivity contribution is 5.37. The van der Waals surface area contributed by atoms with Crippen LogP contribution in [0.1, 0.15) is 18.4 Å². The molecular weight excluding hydrogens is 236 g/mol. The molecule has 3 heterocycles. The minimum absolute atomic E-state index is 0.688. The molecule has 0 amide bonds. The van der Waals surface area contributed by atoms with Crippen LogP contribution in [0.5, 0.6) is 0 Å². The maximum atomic E-state index is 4.35. The molecule has 1 atom stereocenters. The van der Waals surface area contributed by atoms with Gasteiger partial charge in [0.25, 0.3) is 0 Å². The number of hydrogen-bond acceptors (Lipinski definition) is 4. The molecule has 1 aliphatic heterocycles. The fourth-order valence-corrected chi connectivity index (χ4v) is 2.76. The van der Waals surface area contributed by atoms with Gasteiger partial charge in [0.2, 0.25) is 0 Å². The molecule has 0 spiro atoms. The molecule has 1 unspecified atom stereocenters. The average Bonchev–Trinajstić information content (AvgIpc) is 2.49. The molecule has 2 aromatic rings. The van der Waals surface area contributed by atoms with Gasteiger partial charge < -0.3 is 4.90 Å². The van der Waals surface area contributed by atoms with Gasteiger partial charge in [-0.2, -0.15) is 0 Å². The third-order valence-electron chi connectivity index (χ3n) is 3.66. The molecule has 1 saturated heterocycles. The largest absolute Gasteiger partial charge is 0.356 e. The Morgan fingerprint density at radius 3 is 3.00 bits per heavy atom. The van der Waals surface area contributed by atoms with Gasteiger partial charge >= 0.3 is 0 Å². The minimum atomic E-state index is 0.688. The first kappa shape index (κ1) is 12.1. The Labute approximate surface area is 113 Å². The Hall–Kier alpha value is -1.97. The van der Waals surface area contributed by atoms with Gasteiger partial charge in [-0.3, -0.25) is 4.98 Å². The molecule has 1 fully saturated rings. The molecule has 4 heteroatoms. The van der Waals surface area contributed by atoms with Gasteiger partial charge in [0, 0.05) is 31.7 Å². The Kier molecular flexibility index (Phi) is 3.68. The molecule has 0 aliphatic carbocycles. The first-order valence-electron chi connectivity index (χ1n) is 6.81. The van der Waals surface area contributed by atoms with Crippen LogP contribution in [-0.4, -0.2) is 28.0 Å². The zero-order chi connectivity index (χ0) is 12.9. The summed E-state index contributed by atoms with van der Waals surface area (Å²) in [4.78, 5) is 14.9. The monoisotopic (exact) mass is 254 g/mol. The van der Waals surface area contributed by atoms with E-state index in [9.17, 15) is 0 Å². The lowest BCUT2D eigenvalue weighted by molar-refractivity contribution is 0.411. The lowest BCUT2D eigenvalue weighted by Crippen LogP contribution is -2.36. The van der Waals surface area contributed by atoms with Crippen LogP contribution in [0.15, 0.2) is 43.1 Å². The number of nitrogens with zero attached hydrogens (tertiary/aromatic N) is 4. The molecular formula is C15H18N4. The van der Waals surface area contributed by atoms with E-state index in [1.165, 1.54) is 18.4 Å². The third kappa shape index (κ3) is 3.08. The summed E-state index contributed by atoms with van der Waals surface area (Å²) in [5, 5.41) is 0. The molecule has 2 aromatic heterocycles. The summed E-state index contributed by atoms with van der Waals surface area (Å²) in [6, 6.07) is 6.17. The van der Waals surface area contributed by atoms with E-state index in [0.29, 0.717) is 5.92 Å². The fourth-order valence-electron chi connectivity index (χ4n) is 2.76. The number of aromatic nitrogens is 3. The predicted octanol–water partition coefficient (Wildman–Crippen LogP) is 2.33. The van der Waals surface area contributed by atoms with E-state index in [4.69, 9.17) is 0 Å². The molecule has 98 valence electrons. The van der Waals surface area contributed by atoms with Gasteiger partial charge in [0.1, 0.15) is 12.1 Å². The summed E-state index contributed by atoms with van der Waals surface area (Å²) in [5.74, 6) is 1.74. The second-order valence-corrected chi connectivity index (χ2v) is 5.09. The summed E-state index contributed by atoms with van der Waals surface area (Å²) in [5.41, 5.74) is 1.33. The Morgan fingerprint density at radius 2 is 2.21 bits per heavy atom. The second-order valence-electron chi connectivity index (χ2n) is 5.09. The predicted molar refractivity (Wildman–Crippen MR) is 74.9 cm³/mol. The maximum absolute atomic E-state index is 4.35. The smallest absolute Gasteiger partial charge is 0.131 e. The number of hydrogen-bond donors (Lipinski definition) is 0. The van der Waals surface area contributed by atoms with E-state index < -0.39 is 0 Å². The van der Waals surface area contributed by atoms with Crippen molar-refractivity contribution >= 4 is 5.82 Å². The normalized spacial score (nSPS) is 19.4. The highest BCUT2D eigenvalue weighted by atomic mass is 15.2. The van der Waals surface area contributed by atoms with Crippen molar-refractivity contribution in [3.63, 3.8) is 0 Å². The van der Waals surface area contributed by atoms with Crippen molar-refractivity contribution in [1.29, 1.82) is 0 Å². The molecule has 0 saturated carbocycles. The molecule has 0 N–H and O–H groups in total. The Balaban J connectivity index is 1.65. The van der Waals surface area contributed by atoms with E-state index in [-0.39, 0.29) is 0 Å². The van der Waals surface area contributed by atoms with Gasteiger partial charge in [0.05, 0.1) is 0 Å². The minimum Gasteiger partial charge on any atom is -0.356 e. The van der Waals surface area contributed by atoms with Crippen LogP contribution >= 0.6 is 0 Å². The average molecular weight is 254 g/mol. The Bertz CT molecular complexity index is 500. The van der Waals surface area contributed by atoms with Crippen LogP contribution in [0.2, 0.25) is 0 Å². The van der Waals surface area contributed by atoms with Gasteiger partial charge in [0.15, 0.2) is 0 Å². The molecule has 3 rings (SSSR count). The van der Waals surface area contributed by atoms with Gasteiger partial charge in [-0.25, -0.2) is 9.97 Å². The third-order valence-corrected chi connectivity index (χ3v) is 3.66. The van der Waals surface area contributed by atoms with Crippen LogP contribution in [-0.2, 0) is 6.42 Å². The lowest BCUT2D eigenvalue weighted by atomic mass is 9.92. The number of anilines is 1. The van der Waals surface area contributed by atoms with Gasteiger partial charge in [-0.1, -0.05) is 6.07 Å². The lowest BCUT2D eigenvalue weighted by Gasteiger charge is -2.33. The zero-order valence-corrected chi connectivity index (χ0v) is 10.9. The van der Waals surface area contributed by atoms with Crippen LogP contribution in [0, 0.1) is 5.92 Å². The van der Waals surface area contributed by atoms with Gasteiger partial charge in [-0.05, 0) is 42.9 Å². The van der Waals surface area contributed by atoms with E-state index in [1.807, 2.05) is 30.7 Å². The van der Waals surface area contributed by atoms with Crippen molar-refractivity contribution in [3.05, 3.63) is 48.7 Å². The standard InChI is InChI=1S/C15H18N4/c1-3-13(10-16-6-1)9-14-4-2-8-19(11-14)15-5-7-17-12-18-15/h1,3,5-7,10,12,14H,2,4,8-9,11H2. The van der Waals surface area contributed by atoms with Crippen molar-refractivity contribution < 1.29 is 0 Å². The van der Waals surface area contributed by atoms with Crippen LogP contribution < -0.4 is 4.90 Å². The van der Waals surface area contributed by atoms with Crippen molar-refractivity contribution in [2.45, 2.75) is 19.3 Å². The summed E-state index contributed by atoms with van der Waals surface area (Å²) in [6.45, 7) is 2.17.